The molecule has 21 heavy (non-hydrogen) atoms. The molecule has 2 heterocycles. The molecule has 1 aliphatic rings. The predicted octanol–water partition coefficient (Wildman–Crippen LogP) is 2.72. The van der Waals surface area contributed by atoms with Crippen molar-refractivity contribution in [3.63, 3.8) is 0 Å². The molecule has 1 atom stereocenters. The summed E-state index contributed by atoms with van der Waals surface area (Å²) in [5, 5.41) is 17.7. The fraction of sp³-hybridized carbons (Fsp3) is 0.438. The Balaban J connectivity index is 1.94. The number of rotatable bonds is 3. The van der Waals surface area contributed by atoms with Gasteiger partial charge < -0.3 is 9.67 Å². The van der Waals surface area contributed by atoms with Gasteiger partial charge in [-0.2, -0.15) is 0 Å². The minimum absolute atomic E-state index is 0.345. The van der Waals surface area contributed by atoms with Gasteiger partial charge in [-0.3, -0.25) is 4.79 Å². The Morgan fingerprint density at radius 1 is 1.29 bits per heavy atom. The van der Waals surface area contributed by atoms with Crippen LogP contribution in [0.1, 0.15) is 37.6 Å². The largest absolute Gasteiger partial charge is 0.481 e. The monoisotopic (exact) mass is 285 g/mol. The predicted molar refractivity (Wildman–Crippen MR) is 79.0 cm³/mol. The van der Waals surface area contributed by atoms with E-state index in [9.17, 15) is 9.90 Å². The Morgan fingerprint density at radius 3 is 2.62 bits per heavy atom. The molecule has 1 N–H and O–H groups in total. The summed E-state index contributed by atoms with van der Waals surface area (Å²) >= 11 is 0. The summed E-state index contributed by atoms with van der Waals surface area (Å²) in [7, 11) is 0. The first-order valence-electron chi connectivity index (χ1n) is 7.31. The molecule has 1 aromatic heterocycles. The number of aromatic nitrogens is 3. The highest BCUT2D eigenvalue weighted by Gasteiger charge is 2.27. The highest BCUT2D eigenvalue weighted by Crippen LogP contribution is 2.27. The van der Waals surface area contributed by atoms with E-state index in [1.807, 2.05) is 16.7 Å². The van der Waals surface area contributed by atoms with Crippen molar-refractivity contribution in [1.82, 2.24) is 14.8 Å². The maximum absolute atomic E-state index is 11.2. The van der Waals surface area contributed by atoms with E-state index < -0.39 is 5.97 Å². The minimum Gasteiger partial charge on any atom is -0.481 e. The molecule has 5 nitrogen and oxygen atoms in total. The van der Waals surface area contributed by atoms with Gasteiger partial charge in [0.15, 0.2) is 5.82 Å². The molecule has 0 saturated carbocycles. The van der Waals surface area contributed by atoms with Crippen molar-refractivity contribution in [2.24, 2.45) is 5.92 Å². The van der Waals surface area contributed by atoms with Gasteiger partial charge in [0.1, 0.15) is 5.82 Å². The summed E-state index contributed by atoms with van der Waals surface area (Å²) in [6.07, 6.45) is 1.31. The van der Waals surface area contributed by atoms with Crippen molar-refractivity contribution in [2.75, 3.05) is 0 Å². The number of aliphatic carboxylic acids is 1. The zero-order valence-corrected chi connectivity index (χ0v) is 12.3. The standard InChI is InChI=1S/C16H19N3O2/c1-10(2)11-3-5-12(6-4-11)15-18-17-14-8-7-13(16(20)21)9-19(14)15/h3-6,10,13H,7-9H2,1-2H3,(H,20,21). The second kappa shape index (κ2) is 5.31. The minimum atomic E-state index is -0.740. The Bertz CT molecular complexity index is 659. The van der Waals surface area contributed by atoms with Crippen molar-refractivity contribution in [3.05, 3.63) is 35.7 Å². The fourth-order valence-corrected chi connectivity index (χ4v) is 2.76. The summed E-state index contributed by atoms with van der Waals surface area (Å²) in [4.78, 5) is 11.2. The first-order valence-corrected chi connectivity index (χ1v) is 7.31. The maximum Gasteiger partial charge on any atom is 0.308 e. The molecule has 3 rings (SSSR count). The van der Waals surface area contributed by atoms with Gasteiger partial charge in [-0.1, -0.05) is 38.1 Å². The molecule has 0 radical (unpaired) electrons. The van der Waals surface area contributed by atoms with Gasteiger partial charge in [-0.15, -0.1) is 10.2 Å². The van der Waals surface area contributed by atoms with Crippen LogP contribution < -0.4 is 0 Å². The van der Waals surface area contributed by atoms with E-state index in [1.54, 1.807) is 0 Å². The van der Waals surface area contributed by atoms with Crippen LogP contribution in [0.15, 0.2) is 24.3 Å². The molecular weight excluding hydrogens is 266 g/mol. The number of fused-ring (bicyclic) bond motifs is 1. The second-order valence-electron chi connectivity index (χ2n) is 5.90. The fourth-order valence-electron chi connectivity index (χ4n) is 2.76. The van der Waals surface area contributed by atoms with Gasteiger partial charge in [0.25, 0.3) is 0 Å². The zero-order chi connectivity index (χ0) is 15.0. The van der Waals surface area contributed by atoms with Crippen LogP contribution in [-0.2, 0) is 17.8 Å². The third-order valence-electron chi connectivity index (χ3n) is 4.13. The van der Waals surface area contributed by atoms with Crippen molar-refractivity contribution in [3.8, 4) is 11.4 Å². The van der Waals surface area contributed by atoms with E-state index in [2.05, 4.69) is 36.2 Å². The molecule has 0 fully saturated rings. The molecule has 0 saturated heterocycles. The summed E-state index contributed by atoms with van der Waals surface area (Å²) < 4.78 is 1.95. The van der Waals surface area contributed by atoms with Gasteiger partial charge in [0.05, 0.1) is 5.92 Å². The van der Waals surface area contributed by atoms with Gasteiger partial charge in [0, 0.05) is 18.5 Å². The van der Waals surface area contributed by atoms with E-state index in [4.69, 9.17) is 0 Å². The molecule has 0 spiro atoms. The summed E-state index contributed by atoms with van der Waals surface area (Å²) in [6.45, 7) is 4.77. The normalized spacial score (nSPS) is 17.8. The van der Waals surface area contributed by atoms with E-state index >= 15 is 0 Å². The molecule has 1 unspecified atom stereocenters. The number of carboxylic acid groups (broad SMARTS) is 1. The molecule has 0 aliphatic carbocycles. The number of carbonyl (C=O) groups is 1. The van der Waals surface area contributed by atoms with Crippen LogP contribution in [0.4, 0.5) is 0 Å². The summed E-state index contributed by atoms with van der Waals surface area (Å²) in [5.74, 6) is 1.06. The van der Waals surface area contributed by atoms with Crippen molar-refractivity contribution in [2.45, 2.75) is 39.2 Å². The Kier molecular flexibility index (Phi) is 3.49. The Morgan fingerprint density at radius 2 is 2.00 bits per heavy atom. The van der Waals surface area contributed by atoms with E-state index in [-0.39, 0.29) is 5.92 Å². The quantitative estimate of drug-likeness (QED) is 0.941. The van der Waals surface area contributed by atoms with Gasteiger partial charge in [-0.25, -0.2) is 0 Å². The maximum atomic E-state index is 11.2. The number of hydrogen-bond donors (Lipinski definition) is 1. The topological polar surface area (TPSA) is 68.0 Å². The highest BCUT2D eigenvalue weighted by atomic mass is 16.4. The molecule has 1 aromatic carbocycles. The zero-order valence-electron chi connectivity index (χ0n) is 12.3. The first kappa shape index (κ1) is 13.8. The number of aryl methyl sites for hydroxylation is 1. The van der Waals surface area contributed by atoms with Crippen molar-refractivity contribution >= 4 is 5.97 Å². The molecule has 5 heteroatoms. The van der Waals surface area contributed by atoms with Crippen LogP contribution in [0.3, 0.4) is 0 Å². The molecule has 110 valence electrons. The number of carboxylic acids is 1. The molecular formula is C16H19N3O2. The van der Waals surface area contributed by atoms with Crippen LogP contribution in [-0.4, -0.2) is 25.8 Å². The molecule has 0 bridgehead atoms. The van der Waals surface area contributed by atoms with E-state index in [0.29, 0.717) is 25.3 Å². The summed E-state index contributed by atoms with van der Waals surface area (Å²) in [5.41, 5.74) is 2.27. The average Bonchev–Trinajstić information content (AvgIpc) is 2.90. The van der Waals surface area contributed by atoms with Crippen molar-refractivity contribution < 1.29 is 9.90 Å². The Labute approximate surface area is 123 Å². The van der Waals surface area contributed by atoms with Crippen LogP contribution in [0, 0.1) is 5.92 Å². The van der Waals surface area contributed by atoms with Crippen LogP contribution in [0.2, 0.25) is 0 Å². The molecule has 2 aromatic rings. The van der Waals surface area contributed by atoms with E-state index in [0.717, 1.165) is 17.2 Å². The lowest BCUT2D eigenvalue weighted by Gasteiger charge is -2.21. The van der Waals surface area contributed by atoms with Crippen LogP contribution in [0.5, 0.6) is 0 Å². The lowest BCUT2D eigenvalue weighted by Crippen LogP contribution is -2.27. The smallest absolute Gasteiger partial charge is 0.308 e. The lowest BCUT2D eigenvalue weighted by molar-refractivity contribution is -0.142. The first-order chi connectivity index (χ1) is 10.1. The highest BCUT2D eigenvalue weighted by molar-refractivity contribution is 5.70. The number of benzene rings is 1. The van der Waals surface area contributed by atoms with Gasteiger partial charge >= 0.3 is 5.97 Å². The molecule has 1 aliphatic heterocycles. The third kappa shape index (κ3) is 2.55. The second-order valence-corrected chi connectivity index (χ2v) is 5.90. The van der Waals surface area contributed by atoms with E-state index in [1.165, 1.54) is 5.56 Å². The number of hydrogen-bond acceptors (Lipinski definition) is 3. The van der Waals surface area contributed by atoms with Crippen molar-refractivity contribution in [1.29, 1.82) is 0 Å². The SMILES string of the molecule is CC(C)c1ccc(-c2nnc3n2CC(C(=O)O)CC3)cc1. The molecule has 0 amide bonds. The number of nitrogens with zero attached hydrogens (tertiary/aromatic N) is 3. The Hall–Kier alpha value is -2.17. The van der Waals surface area contributed by atoms with Crippen LogP contribution in [0.25, 0.3) is 11.4 Å². The summed E-state index contributed by atoms with van der Waals surface area (Å²) in [6, 6.07) is 8.27. The average molecular weight is 285 g/mol. The van der Waals surface area contributed by atoms with Gasteiger partial charge in [-0.05, 0) is 17.9 Å². The lowest BCUT2D eigenvalue weighted by atomic mass is 9.99. The van der Waals surface area contributed by atoms with Crippen LogP contribution >= 0.6 is 0 Å². The third-order valence-corrected chi connectivity index (χ3v) is 4.13. The van der Waals surface area contributed by atoms with Gasteiger partial charge in [0.2, 0.25) is 0 Å².